The van der Waals surface area contributed by atoms with E-state index in [2.05, 4.69) is 62.7 Å². The number of amides is 1. The molecule has 0 unspecified atom stereocenters. The monoisotopic (exact) mass is 500 g/mol. The lowest BCUT2D eigenvalue weighted by atomic mass is 10.0. The van der Waals surface area contributed by atoms with Crippen molar-refractivity contribution in [2.24, 2.45) is 0 Å². The Morgan fingerprint density at radius 3 is 2.74 bits per heavy atom. The summed E-state index contributed by atoms with van der Waals surface area (Å²) < 4.78 is 0. The summed E-state index contributed by atoms with van der Waals surface area (Å²) in [7, 11) is 0. The Kier molecular flexibility index (Phi) is 6.17. The summed E-state index contributed by atoms with van der Waals surface area (Å²) in [5, 5.41) is 11.9. The van der Waals surface area contributed by atoms with Crippen LogP contribution < -0.4 is 5.32 Å². The van der Waals surface area contributed by atoms with Crippen LogP contribution >= 0.6 is 0 Å². The van der Waals surface area contributed by atoms with Gasteiger partial charge in [-0.25, -0.2) is 4.98 Å². The van der Waals surface area contributed by atoms with Crippen molar-refractivity contribution in [3.8, 4) is 33.8 Å². The molecule has 188 valence electrons. The van der Waals surface area contributed by atoms with Crippen LogP contribution in [0.4, 0.5) is 5.69 Å². The first-order valence-corrected chi connectivity index (χ1v) is 12.9. The Morgan fingerprint density at radius 2 is 1.89 bits per heavy atom. The van der Waals surface area contributed by atoms with Gasteiger partial charge in [0.1, 0.15) is 11.2 Å². The molecule has 0 bridgehead atoms. The van der Waals surface area contributed by atoms with Gasteiger partial charge in [0.25, 0.3) is 0 Å². The number of carbonyl (C=O) groups excluding carboxylic acids is 1. The summed E-state index contributed by atoms with van der Waals surface area (Å²) in [6.07, 6.45) is 6.05. The van der Waals surface area contributed by atoms with Gasteiger partial charge in [-0.15, -0.1) is 0 Å². The van der Waals surface area contributed by atoms with E-state index in [1.54, 1.807) is 6.20 Å². The molecular weight excluding hydrogens is 472 g/mol. The number of unbranched alkanes of at least 4 members (excludes halogenated alkanes) is 1. The minimum atomic E-state index is 0.0356. The van der Waals surface area contributed by atoms with E-state index in [0.717, 1.165) is 79.8 Å². The van der Waals surface area contributed by atoms with Crippen LogP contribution in [0.2, 0.25) is 0 Å². The van der Waals surface area contributed by atoms with E-state index in [1.165, 1.54) is 0 Å². The molecule has 0 aliphatic rings. The van der Waals surface area contributed by atoms with Gasteiger partial charge in [0, 0.05) is 46.5 Å². The Balaban J connectivity index is 1.39. The second kappa shape index (κ2) is 9.94. The quantitative estimate of drug-likeness (QED) is 0.215. The maximum atomic E-state index is 12.3. The number of H-pyrrole nitrogens is 2. The second-order valence-corrected chi connectivity index (χ2v) is 9.60. The van der Waals surface area contributed by atoms with E-state index in [1.807, 2.05) is 49.5 Å². The van der Waals surface area contributed by atoms with E-state index >= 15 is 0 Å². The van der Waals surface area contributed by atoms with Gasteiger partial charge in [-0.05, 0) is 73.0 Å². The Morgan fingerprint density at radius 1 is 0.974 bits per heavy atom. The first kappa shape index (κ1) is 23.6. The van der Waals surface area contributed by atoms with Crippen LogP contribution in [0.5, 0.6) is 0 Å². The lowest BCUT2D eigenvalue weighted by molar-refractivity contribution is -0.116. The number of hydrogen-bond acceptors (Lipinski definition) is 4. The zero-order valence-electron chi connectivity index (χ0n) is 21.4. The molecule has 1 amide bonds. The largest absolute Gasteiger partial charge is 0.353 e. The van der Waals surface area contributed by atoms with E-state index in [9.17, 15) is 4.79 Å². The number of rotatable bonds is 7. The number of pyridine rings is 2. The smallest absolute Gasteiger partial charge is 0.224 e. The van der Waals surface area contributed by atoms with Crippen molar-refractivity contribution in [2.45, 2.75) is 33.1 Å². The number of aryl methyl sites for hydroxylation is 1. The summed E-state index contributed by atoms with van der Waals surface area (Å²) in [4.78, 5) is 25.1. The van der Waals surface area contributed by atoms with Crippen LogP contribution in [0.15, 0.2) is 79.1 Å². The number of anilines is 1. The normalized spacial score (nSPS) is 11.3. The van der Waals surface area contributed by atoms with Gasteiger partial charge in [0.15, 0.2) is 0 Å². The van der Waals surface area contributed by atoms with Crippen molar-refractivity contribution in [3.05, 3.63) is 84.7 Å². The lowest BCUT2D eigenvalue weighted by Gasteiger charge is -2.09. The molecule has 6 rings (SSSR count). The van der Waals surface area contributed by atoms with E-state index in [4.69, 9.17) is 4.98 Å². The number of aromatic nitrogens is 5. The molecule has 0 saturated carbocycles. The maximum Gasteiger partial charge on any atom is 0.224 e. The summed E-state index contributed by atoms with van der Waals surface area (Å²) in [5.74, 6) is 0.0356. The fraction of sp³-hybridized carbons (Fsp3) is 0.161. The zero-order chi connectivity index (χ0) is 26.1. The summed E-state index contributed by atoms with van der Waals surface area (Å²) in [5.41, 5.74) is 10.1. The van der Waals surface area contributed by atoms with Gasteiger partial charge < -0.3 is 10.3 Å². The third-order valence-electron chi connectivity index (χ3n) is 6.71. The molecule has 7 heteroatoms. The number of benzene rings is 2. The predicted octanol–water partition coefficient (Wildman–Crippen LogP) is 7.27. The molecule has 3 N–H and O–H groups in total. The molecule has 0 atom stereocenters. The summed E-state index contributed by atoms with van der Waals surface area (Å²) >= 11 is 0. The molecule has 38 heavy (non-hydrogen) atoms. The molecule has 0 saturated heterocycles. The molecule has 2 aromatic carbocycles. The number of carbonyl (C=O) groups is 1. The highest BCUT2D eigenvalue weighted by Crippen LogP contribution is 2.34. The summed E-state index contributed by atoms with van der Waals surface area (Å²) in [6, 6.07) is 22.4. The molecule has 7 nitrogen and oxygen atoms in total. The highest BCUT2D eigenvalue weighted by Gasteiger charge is 2.16. The zero-order valence-corrected chi connectivity index (χ0v) is 21.4. The molecule has 0 spiro atoms. The molecule has 0 radical (unpaired) electrons. The van der Waals surface area contributed by atoms with Crippen molar-refractivity contribution in [1.82, 2.24) is 25.1 Å². The second-order valence-electron chi connectivity index (χ2n) is 9.60. The Hall–Kier alpha value is -4.78. The number of aromatic amines is 2. The van der Waals surface area contributed by atoms with Gasteiger partial charge in [0.2, 0.25) is 5.91 Å². The lowest BCUT2D eigenvalue weighted by Crippen LogP contribution is -2.11. The third kappa shape index (κ3) is 4.54. The van der Waals surface area contributed by atoms with Gasteiger partial charge >= 0.3 is 0 Å². The topological polar surface area (TPSA) is 99.4 Å². The molecule has 4 aromatic heterocycles. The van der Waals surface area contributed by atoms with E-state index in [-0.39, 0.29) is 5.91 Å². The van der Waals surface area contributed by atoms with Gasteiger partial charge in [-0.3, -0.25) is 14.9 Å². The summed E-state index contributed by atoms with van der Waals surface area (Å²) in [6.45, 7) is 4.11. The minimum Gasteiger partial charge on any atom is -0.353 e. The van der Waals surface area contributed by atoms with Crippen molar-refractivity contribution in [2.75, 3.05) is 5.32 Å². The van der Waals surface area contributed by atoms with Crippen molar-refractivity contribution < 1.29 is 4.79 Å². The van der Waals surface area contributed by atoms with Crippen LogP contribution in [0.3, 0.4) is 0 Å². The number of nitrogens with one attached hydrogen (secondary N) is 3. The fourth-order valence-corrected chi connectivity index (χ4v) is 4.87. The molecule has 0 aliphatic heterocycles. The number of fused-ring (bicyclic) bond motifs is 2. The Labute approximate surface area is 220 Å². The molecule has 6 aromatic rings. The van der Waals surface area contributed by atoms with E-state index < -0.39 is 0 Å². The van der Waals surface area contributed by atoms with Crippen molar-refractivity contribution >= 4 is 33.5 Å². The molecular formula is C31H28N6O. The fourth-order valence-electron chi connectivity index (χ4n) is 4.87. The predicted molar refractivity (Wildman–Crippen MR) is 153 cm³/mol. The van der Waals surface area contributed by atoms with Crippen LogP contribution in [0.1, 0.15) is 31.7 Å². The highest BCUT2D eigenvalue weighted by molar-refractivity contribution is 6.00. The molecule has 4 heterocycles. The van der Waals surface area contributed by atoms with Crippen molar-refractivity contribution in [1.29, 1.82) is 0 Å². The van der Waals surface area contributed by atoms with Crippen LogP contribution in [0.25, 0.3) is 55.7 Å². The molecule has 0 aliphatic carbocycles. The van der Waals surface area contributed by atoms with Gasteiger partial charge in [-0.1, -0.05) is 31.5 Å². The van der Waals surface area contributed by atoms with E-state index in [0.29, 0.717) is 6.42 Å². The SMILES string of the molecule is CCCCC(=O)Nc1cc(C)cc(-c2ccc3[nH]nc(-c4cc5c(-c6cccnc6)cccc5[nH]4)c3n2)c1. The highest BCUT2D eigenvalue weighted by atomic mass is 16.1. The standard InChI is InChI=1S/C31H28N6O/c1-3-4-10-29(38)33-22-15-19(2)14-21(16-22)25-11-12-27-30(35-25)31(37-36-27)28-17-24-23(8-5-9-26(24)34-28)20-7-6-13-32-18-20/h5-9,11-18,34H,3-4,10H2,1-2H3,(H,33,38)(H,36,37). The number of nitrogens with zero attached hydrogens (tertiary/aromatic N) is 3. The van der Waals surface area contributed by atoms with Crippen LogP contribution in [0, 0.1) is 6.92 Å². The average molecular weight is 501 g/mol. The van der Waals surface area contributed by atoms with Crippen LogP contribution in [-0.4, -0.2) is 31.1 Å². The van der Waals surface area contributed by atoms with Gasteiger partial charge in [-0.2, -0.15) is 5.10 Å². The minimum absolute atomic E-state index is 0.0356. The first-order chi connectivity index (χ1) is 18.6. The molecule has 0 fully saturated rings. The van der Waals surface area contributed by atoms with Gasteiger partial charge in [0.05, 0.1) is 16.9 Å². The Bertz CT molecular complexity index is 1770. The average Bonchev–Trinajstić information content (AvgIpc) is 3.55. The first-order valence-electron chi connectivity index (χ1n) is 12.9. The number of hydrogen-bond donors (Lipinski definition) is 3. The third-order valence-corrected chi connectivity index (χ3v) is 6.71. The van der Waals surface area contributed by atoms with Crippen LogP contribution in [-0.2, 0) is 4.79 Å². The van der Waals surface area contributed by atoms with Crippen molar-refractivity contribution in [3.63, 3.8) is 0 Å². The maximum absolute atomic E-state index is 12.3.